The lowest BCUT2D eigenvalue weighted by Crippen LogP contribution is -2.53. The molecule has 18 heavy (non-hydrogen) atoms. The Morgan fingerprint density at radius 3 is 3.00 bits per heavy atom. The SMILES string of the molecule is CCC(C)C1CN(c2cccc(Cl)c2C)CCN1. The average molecular weight is 267 g/mol. The van der Waals surface area contributed by atoms with Crippen molar-refractivity contribution < 1.29 is 0 Å². The number of hydrogen-bond donors (Lipinski definition) is 1. The summed E-state index contributed by atoms with van der Waals surface area (Å²) in [5.41, 5.74) is 2.49. The summed E-state index contributed by atoms with van der Waals surface area (Å²) in [5.74, 6) is 0.715. The van der Waals surface area contributed by atoms with Crippen LogP contribution in [0.25, 0.3) is 0 Å². The molecule has 0 amide bonds. The van der Waals surface area contributed by atoms with Gasteiger partial charge >= 0.3 is 0 Å². The minimum atomic E-state index is 0.585. The topological polar surface area (TPSA) is 15.3 Å². The van der Waals surface area contributed by atoms with Crippen molar-refractivity contribution in [2.75, 3.05) is 24.5 Å². The van der Waals surface area contributed by atoms with E-state index in [1.54, 1.807) is 0 Å². The molecule has 1 fully saturated rings. The summed E-state index contributed by atoms with van der Waals surface area (Å²) in [6.45, 7) is 9.89. The maximum Gasteiger partial charge on any atom is 0.0455 e. The first-order chi connectivity index (χ1) is 8.63. The Bertz CT molecular complexity index is 405. The highest BCUT2D eigenvalue weighted by Crippen LogP contribution is 2.28. The van der Waals surface area contributed by atoms with E-state index in [4.69, 9.17) is 11.6 Å². The van der Waals surface area contributed by atoms with Crippen LogP contribution >= 0.6 is 11.6 Å². The molecular weight excluding hydrogens is 244 g/mol. The maximum atomic E-state index is 6.22. The largest absolute Gasteiger partial charge is 0.368 e. The second kappa shape index (κ2) is 5.94. The standard InChI is InChI=1S/C15H23ClN2/c1-4-11(2)14-10-18(9-8-17-14)15-7-5-6-13(16)12(15)3/h5-7,11,14,17H,4,8-10H2,1-3H3. The van der Waals surface area contributed by atoms with Gasteiger partial charge in [0, 0.05) is 36.4 Å². The second-order valence-corrected chi connectivity index (χ2v) is 5.68. The van der Waals surface area contributed by atoms with E-state index in [0.29, 0.717) is 12.0 Å². The van der Waals surface area contributed by atoms with Crippen LogP contribution in [0.15, 0.2) is 18.2 Å². The molecule has 0 spiro atoms. The van der Waals surface area contributed by atoms with E-state index in [1.165, 1.54) is 17.7 Å². The van der Waals surface area contributed by atoms with Crippen molar-refractivity contribution in [1.29, 1.82) is 0 Å². The zero-order valence-corrected chi connectivity index (χ0v) is 12.3. The fourth-order valence-electron chi connectivity index (χ4n) is 2.60. The molecule has 1 aromatic carbocycles. The van der Waals surface area contributed by atoms with Gasteiger partial charge in [-0.2, -0.15) is 0 Å². The molecule has 1 heterocycles. The normalized spacial score (nSPS) is 22.0. The molecule has 0 aliphatic carbocycles. The van der Waals surface area contributed by atoms with Crippen LogP contribution in [0.5, 0.6) is 0 Å². The molecule has 2 unspecified atom stereocenters. The molecule has 0 aromatic heterocycles. The summed E-state index contributed by atoms with van der Waals surface area (Å²) in [5, 5.41) is 4.50. The highest BCUT2D eigenvalue weighted by Gasteiger charge is 2.24. The van der Waals surface area contributed by atoms with Crippen molar-refractivity contribution in [1.82, 2.24) is 5.32 Å². The van der Waals surface area contributed by atoms with Crippen molar-refractivity contribution >= 4 is 17.3 Å². The Labute approximate surface area is 115 Å². The van der Waals surface area contributed by atoms with E-state index in [-0.39, 0.29) is 0 Å². The lowest BCUT2D eigenvalue weighted by molar-refractivity contribution is 0.341. The summed E-state index contributed by atoms with van der Waals surface area (Å²) >= 11 is 6.22. The molecule has 1 aliphatic heterocycles. The van der Waals surface area contributed by atoms with Crippen molar-refractivity contribution in [3.63, 3.8) is 0 Å². The molecular formula is C15H23ClN2. The van der Waals surface area contributed by atoms with Gasteiger partial charge < -0.3 is 10.2 Å². The highest BCUT2D eigenvalue weighted by molar-refractivity contribution is 6.31. The summed E-state index contributed by atoms with van der Waals surface area (Å²) < 4.78 is 0. The molecule has 1 saturated heterocycles. The van der Waals surface area contributed by atoms with Gasteiger partial charge in [-0.15, -0.1) is 0 Å². The number of benzene rings is 1. The molecule has 0 radical (unpaired) electrons. The van der Waals surface area contributed by atoms with Gasteiger partial charge in [0.2, 0.25) is 0 Å². The molecule has 2 rings (SSSR count). The van der Waals surface area contributed by atoms with Crippen molar-refractivity contribution in [2.45, 2.75) is 33.2 Å². The average Bonchev–Trinajstić information content (AvgIpc) is 2.41. The molecule has 100 valence electrons. The number of anilines is 1. The van der Waals surface area contributed by atoms with Crippen LogP contribution in [0.3, 0.4) is 0 Å². The number of halogens is 1. The Balaban J connectivity index is 2.15. The van der Waals surface area contributed by atoms with Gasteiger partial charge in [0.1, 0.15) is 0 Å². The van der Waals surface area contributed by atoms with E-state index in [0.717, 1.165) is 24.7 Å². The van der Waals surface area contributed by atoms with Crippen LogP contribution in [-0.4, -0.2) is 25.7 Å². The van der Waals surface area contributed by atoms with Crippen LogP contribution < -0.4 is 10.2 Å². The lowest BCUT2D eigenvalue weighted by Gasteiger charge is -2.38. The Morgan fingerprint density at radius 2 is 2.28 bits per heavy atom. The molecule has 1 N–H and O–H groups in total. The van der Waals surface area contributed by atoms with E-state index in [1.807, 2.05) is 12.1 Å². The number of nitrogens with zero attached hydrogens (tertiary/aromatic N) is 1. The van der Waals surface area contributed by atoms with Crippen LogP contribution in [0.1, 0.15) is 25.8 Å². The van der Waals surface area contributed by atoms with Crippen LogP contribution in [0.2, 0.25) is 5.02 Å². The Hall–Kier alpha value is -0.730. The molecule has 0 bridgehead atoms. The third-order valence-electron chi connectivity index (χ3n) is 4.12. The summed E-state index contributed by atoms with van der Waals surface area (Å²) in [6.07, 6.45) is 1.22. The minimum Gasteiger partial charge on any atom is -0.368 e. The van der Waals surface area contributed by atoms with Gasteiger partial charge in [0.05, 0.1) is 0 Å². The molecule has 2 nitrogen and oxygen atoms in total. The Morgan fingerprint density at radius 1 is 1.50 bits per heavy atom. The number of hydrogen-bond acceptors (Lipinski definition) is 2. The van der Waals surface area contributed by atoms with Crippen LogP contribution in [0, 0.1) is 12.8 Å². The van der Waals surface area contributed by atoms with Gasteiger partial charge in [-0.3, -0.25) is 0 Å². The monoisotopic (exact) mass is 266 g/mol. The van der Waals surface area contributed by atoms with Gasteiger partial charge in [-0.25, -0.2) is 0 Å². The van der Waals surface area contributed by atoms with E-state index in [2.05, 4.69) is 37.1 Å². The van der Waals surface area contributed by atoms with Gasteiger partial charge in [-0.05, 0) is 30.5 Å². The number of nitrogens with one attached hydrogen (secondary N) is 1. The summed E-state index contributed by atoms with van der Waals surface area (Å²) in [6, 6.07) is 6.78. The van der Waals surface area contributed by atoms with Gasteiger partial charge in [-0.1, -0.05) is 37.9 Å². The second-order valence-electron chi connectivity index (χ2n) is 5.28. The lowest BCUT2D eigenvalue weighted by atomic mass is 9.96. The zero-order chi connectivity index (χ0) is 13.1. The fraction of sp³-hybridized carbons (Fsp3) is 0.600. The number of rotatable bonds is 3. The molecule has 0 saturated carbocycles. The summed E-state index contributed by atoms with van der Waals surface area (Å²) in [4.78, 5) is 2.47. The third kappa shape index (κ3) is 2.81. The van der Waals surface area contributed by atoms with E-state index < -0.39 is 0 Å². The highest BCUT2D eigenvalue weighted by atomic mass is 35.5. The van der Waals surface area contributed by atoms with Gasteiger partial charge in [0.25, 0.3) is 0 Å². The van der Waals surface area contributed by atoms with E-state index >= 15 is 0 Å². The zero-order valence-electron chi connectivity index (χ0n) is 11.5. The first kappa shape index (κ1) is 13.7. The third-order valence-corrected chi connectivity index (χ3v) is 4.53. The van der Waals surface area contributed by atoms with Crippen LogP contribution in [0.4, 0.5) is 5.69 Å². The van der Waals surface area contributed by atoms with Crippen LogP contribution in [-0.2, 0) is 0 Å². The molecule has 2 atom stereocenters. The smallest absolute Gasteiger partial charge is 0.0455 e. The molecule has 3 heteroatoms. The predicted octanol–water partition coefficient (Wildman–Crippen LogP) is 3.47. The van der Waals surface area contributed by atoms with Crippen molar-refractivity contribution in [2.24, 2.45) is 5.92 Å². The van der Waals surface area contributed by atoms with Crippen molar-refractivity contribution in [3.8, 4) is 0 Å². The maximum absolute atomic E-state index is 6.22. The minimum absolute atomic E-state index is 0.585. The fourth-order valence-corrected chi connectivity index (χ4v) is 2.77. The van der Waals surface area contributed by atoms with Crippen molar-refractivity contribution in [3.05, 3.63) is 28.8 Å². The summed E-state index contributed by atoms with van der Waals surface area (Å²) in [7, 11) is 0. The predicted molar refractivity (Wildman–Crippen MR) is 79.6 cm³/mol. The first-order valence-electron chi connectivity index (χ1n) is 6.87. The molecule has 1 aliphatic rings. The molecule has 1 aromatic rings. The Kier molecular flexibility index (Phi) is 4.52. The first-order valence-corrected chi connectivity index (χ1v) is 7.24. The quantitative estimate of drug-likeness (QED) is 0.901. The number of piperazine rings is 1. The van der Waals surface area contributed by atoms with E-state index in [9.17, 15) is 0 Å². The van der Waals surface area contributed by atoms with Gasteiger partial charge in [0.15, 0.2) is 0 Å².